The van der Waals surface area contributed by atoms with Gasteiger partial charge in [0.1, 0.15) is 0 Å². The summed E-state index contributed by atoms with van der Waals surface area (Å²) in [4.78, 5) is 44.3. The molecule has 11 heteroatoms. The summed E-state index contributed by atoms with van der Waals surface area (Å²) in [6, 6.07) is 3.22. The van der Waals surface area contributed by atoms with Crippen molar-refractivity contribution in [1.29, 1.82) is 0 Å². The second-order valence-electron chi connectivity index (χ2n) is 6.05. The van der Waals surface area contributed by atoms with Crippen molar-refractivity contribution in [2.24, 2.45) is 0 Å². The summed E-state index contributed by atoms with van der Waals surface area (Å²) >= 11 is 0. The fourth-order valence-corrected chi connectivity index (χ4v) is 4.34. The van der Waals surface area contributed by atoms with E-state index in [1.165, 1.54) is 13.8 Å². The van der Waals surface area contributed by atoms with Gasteiger partial charge in [0, 0.05) is 0 Å². The monoisotopic (exact) mass is 422 g/mol. The van der Waals surface area contributed by atoms with Crippen LogP contribution in [-0.4, -0.2) is 52.7 Å². The van der Waals surface area contributed by atoms with Crippen LogP contribution in [0.5, 0.6) is 0 Å². The van der Waals surface area contributed by atoms with Crippen molar-refractivity contribution in [2.45, 2.75) is 23.6 Å². The number of rotatable bonds is 6. The maximum atomic E-state index is 13.0. The van der Waals surface area contributed by atoms with Crippen LogP contribution in [0, 0.1) is 13.8 Å². The van der Waals surface area contributed by atoms with Crippen LogP contribution in [0.25, 0.3) is 0 Å². The second kappa shape index (κ2) is 7.36. The maximum absolute atomic E-state index is 13.0. The van der Waals surface area contributed by atoms with Crippen LogP contribution in [0.15, 0.2) is 34.1 Å². The van der Waals surface area contributed by atoms with Gasteiger partial charge in [0.05, 0.1) is 32.0 Å². The molecule has 0 radical (unpaired) electrons. The van der Waals surface area contributed by atoms with E-state index in [1.54, 1.807) is 0 Å². The number of hydrogen-bond donors (Lipinski definition) is 4. The smallest absolute Gasteiger partial charge is 0.336 e. The lowest BCUT2D eigenvalue weighted by Gasteiger charge is -2.13. The van der Waals surface area contributed by atoms with E-state index < -0.39 is 65.8 Å². The van der Waals surface area contributed by atoms with Crippen molar-refractivity contribution < 1.29 is 48.0 Å². The summed E-state index contributed by atoms with van der Waals surface area (Å²) in [6.07, 6.45) is 0. The lowest BCUT2D eigenvalue weighted by Crippen LogP contribution is -2.15. The quantitative estimate of drug-likeness (QED) is 0.536. The number of aromatic carboxylic acids is 4. The Balaban J connectivity index is 2.84. The van der Waals surface area contributed by atoms with E-state index in [9.17, 15) is 48.0 Å². The second-order valence-corrected chi connectivity index (χ2v) is 8.00. The summed E-state index contributed by atoms with van der Waals surface area (Å²) < 4.78 is 25.9. The molecule has 0 bridgehead atoms. The third-order valence-electron chi connectivity index (χ3n) is 4.13. The molecular weight excluding hydrogens is 408 g/mol. The zero-order chi connectivity index (χ0) is 22.3. The van der Waals surface area contributed by atoms with Gasteiger partial charge in [-0.05, 0) is 49.2 Å². The minimum atomic E-state index is -4.49. The minimum absolute atomic E-state index is 0.131. The molecule has 0 atom stereocenters. The van der Waals surface area contributed by atoms with E-state index >= 15 is 0 Å². The molecule has 0 aromatic heterocycles. The Bertz CT molecular complexity index is 1100. The van der Waals surface area contributed by atoms with Gasteiger partial charge >= 0.3 is 23.9 Å². The van der Waals surface area contributed by atoms with E-state index in [0.717, 1.165) is 12.1 Å². The first-order valence-corrected chi connectivity index (χ1v) is 9.25. The van der Waals surface area contributed by atoms with Gasteiger partial charge in [0.25, 0.3) is 0 Å². The Kier molecular flexibility index (Phi) is 5.47. The molecule has 4 N–H and O–H groups in total. The van der Waals surface area contributed by atoms with Crippen molar-refractivity contribution in [1.82, 2.24) is 0 Å². The molecule has 152 valence electrons. The molecule has 0 amide bonds. The van der Waals surface area contributed by atoms with Crippen LogP contribution < -0.4 is 0 Å². The van der Waals surface area contributed by atoms with Crippen LogP contribution in [0.3, 0.4) is 0 Å². The van der Waals surface area contributed by atoms with Crippen molar-refractivity contribution in [3.63, 3.8) is 0 Å². The first-order chi connectivity index (χ1) is 13.3. The molecule has 0 spiro atoms. The molecule has 2 aromatic carbocycles. The molecule has 0 saturated heterocycles. The molecule has 0 aliphatic rings. The molecule has 0 unspecified atom stereocenters. The highest BCUT2D eigenvalue weighted by molar-refractivity contribution is 7.91. The van der Waals surface area contributed by atoms with Gasteiger partial charge in [-0.15, -0.1) is 0 Å². The number of aryl methyl sites for hydroxylation is 2. The third kappa shape index (κ3) is 3.80. The van der Waals surface area contributed by atoms with Gasteiger partial charge in [0.15, 0.2) is 0 Å². The van der Waals surface area contributed by atoms with Gasteiger partial charge in [-0.3, -0.25) is 0 Å². The fourth-order valence-electron chi connectivity index (χ4n) is 2.86. The van der Waals surface area contributed by atoms with Crippen molar-refractivity contribution in [3.8, 4) is 0 Å². The topological polar surface area (TPSA) is 183 Å². The first kappa shape index (κ1) is 21.6. The lowest BCUT2D eigenvalue weighted by atomic mass is 10.0. The Hall–Kier alpha value is -3.73. The maximum Gasteiger partial charge on any atom is 0.336 e. The summed E-state index contributed by atoms with van der Waals surface area (Å²) in [5.74, 6) is -6.44. The SMILES string of the molecule is Cc1cc(S(=O)(=O)c2cc(C)c(C(=O)O)c(C(=O)O)c2)cc(C(=O)O)c1C(=O)O. The normalized spacial score (nSPS) is 11.1. The van der Waals surface area contributed by atoms with E-state index in [0.29, 0.717) is 12.1 Å². The number of carboxylic acids is 4. The predicted molar refractivity (Wildman–Crippen MR) is 95.6 cm³/mol. The molecule has 0 aliphatic heterocycles. The highest BCUT2D eigenvalue weighted by Gasteiger charge is 2.28. The fraction of sp³-hybridized carbons (Fsp3) is 0.111. The summed E-state index contributed by atoms with van der Waals surface area (Å²) in [6.45, 7) is 2.44. The number of carboxylic acid groups (broad SMARTS) is 4. The van der Waals surface area contributed by atoms with Crippen LogP contribution in [0.4, 0.5) is 0 Å². The Labute approximate surface area is 163 Å². The van der Waals surface area contributed by atoms with Crippen LogP contribution in [0.2, 0.25) is 0 Å². The van der Waals surface area contributed by atoms with Crippen molar-refractivity contribution in [3.05, 3.63) is 57.6 Å². The molecular formula is C18H14O10S. The summed E-state index contributed by atoms with van der Waals surface area (Å²) in [5, 5.41) is 36.9. The standard InChI is InChI=1S/C18H14O10S/c1-7-3-9(5-11(15(19)20)13(7)17(23)24)29(27,28)10-4-8(2)14(18(25)26)12(6-10)16(21)22/h3-6H,1-2H3,(H,19,20)(H,21,22)(H,23,24)(H,25,26). The van der Waals surface area contributed by atoms with Gasteiger partial charge in [-0.2, -0.15) is 0 Å². The zero-order valence-electron chi connectivity index (χ0n) is 15.0. The van der Waals surface area contributed by atoms with E-state index in [1.807, 2.05) is 0 Å². The number of carbonyl (C=O) groups is 4. The molecule has 10 nitrogen and oxygen atoms in total. The Morgan fingerprint density at radius 2 is 0.931 bits per heavy atom. The lowest BCUT2D eigenvalue weighted by molar-refractivity contribution is 0.0650. The number of hydrogen-bond acceptors (Lipinski definition) is 6. The largest absolute Gasteiger partial charge is 0.478 e. The van der Waals surface area contributed by atoms with Gasteiger partial charge < -0.3 is 20.4 Å². The van der Waals surface area contributed by atoms with Gasteiger partial charge in [-0.25, -0.2) is 27.6 Å². The zero-order valence-corrected chi connectivity index (χ0v) is 15.8. The van der Waals surface area contributed by atoms with E-state index in [4.69, 9.17) is 0 Å². The molecule has 0 fully saturated rings. The highest BCUT2D eigenvalue weighted by Crippen LogP contribution is 2.29. The summed E-state index contributed by atoms with van der Waals surface area (Å²) in [5.41, 5.74) is -2.94. The average Bonchev–Trinajstić information content (AvgIpc) is 2.59. The van der Waals surface area contributed by atoms with Crippen LogP contribution >= 0.6 is 0 Å². The van der Waals surface area contributed by atoms with Gasteiger partial charge in [0.2, 0.25) is 9.84 Å². The molecule has 2 rings (SSSR count). The van der Waals surface area contributed by atoms with Crippen molar-refractivity contribution >= 4 is 33.7 Å². The van der Waals surface area contributed by atoms with Crippen molar-refractivity contribution in [2.75, 3.05) is 0 Å². The third-order valence-corrected chi connectivity index (χ3v) is 5.84. The van der Waals surface area contributed by atoms with E-state index in [2.05, 4.69) is 0 Å². The van der Waals surface area contributed by atoms with E-state index in [-0.39, 0.29) is 11.1 Å². The van der Waals surface area contributed by atoms with Crippen LogP contribution in [0.1, 0.15) is 52.6 Å². The molecule has 2 aromatic rings. The Morgan fingerprint density at radius 1 is 0.621 bits per heavy atom. The predicted octanol–water partition coefficient (Wildman–Crippen LogP) is 1.93. The van der Waals surface area contributed by atoms with Crippen LogP contribution in [-0.2, 0) is 9.84 Å². The number of benzene rings is 2. The molecule has 0 aliphatic carbocycles. The number of sulfone groups is 1. The average molecular weight is 422 g/mol. The Morgan fingerprint density at radius 3 is 1.17 bits per heavy atom. The van der Waals surface area contributed by atoms with Gasteiger partial charge in [-0.1, -0.05) is 0 Å². The summed E-state index contributed by atoms with van der Waals surface area (Å²) in [7, 11) is -4.49. The molecule has 0 heterocycles. The first-order valence-electron chi connectivity index (χ1n) is 7.76. The minimum Gasteiger partial charge on any atom is -0.478 e. The highest BCUT2D eigenvalue weighted by atomic mass is 32.2. The molecule has 0 saturated carbocycles. The molecule has 29 heavy (non-hydrogen) atoms.